The van der Waals surface area contributed by atoms with E-state index in [1.54, 1.807) is 7.11 Å². The summed E-state index contributed by atoms with van der Waals surface area (Å²) in [6.45, 7) is 8.56. The van der Waals surface area contributed by atoms with Gasteiger partial charge in [0.25, 0.3) is 0 Å². The number of likely N-dealkylation sites (tertiary alicyclic amines) is 1. The van der Waals surface area contributed by atoms with Gasteiger partial charge in [0.15, 0.2) is 0 Å². The topological polar surface area (TPSA) is 28.6 Å². The third-order valence-electron chi connectivity index (χ3n) is 6.15. The van der Waals surface area contributed by atoms with E-state index >= 15 is 0 Å². The summed E-state index contributed by atoms with van der Waals surface area (Å²) >= 11 is 0. The van der Waals surface area contributed by atoms with Crippen LogP contribution in [0.2, 0.25) is 0 Å². The minimum absolute atomic E-state index is 0.512. The largest absolute Gasteiger partial charge is 0.383 e. The Morgan fingerprint density at radius 3 is 2.52 bits per heavy atom. The normalized spacial score (nSPS) is 16.9. The number of piperidine rings is 1. The molecule has 3 rings (SSSR count). The molecule has 1 aromatic heterocycles. The first-order valence-electron chi connectivity index (χ1n) is 11.2. The van der Waals surface area contributed by atoms with E-state index in [0.29, 0.717) is 12.0 Å². The lowest BCUT2D eigenvalue weighted by atomic mass is 9.84. The van der Waals surface area contributed by atoms with Gasteiger partial charge in [-0.2, -0.15) is 0 Å². The van der Waals surface area contributed by atoms with Crippen LogP contribution < -0.4 is 0 Å². The molecule has 0 amide bonds. The van der Waals surface area contributed by atoms with Gasteiger partial charge in [-0.1, -0.05) is 43.3 Å². The van der Waals surface area contributed by atoms with Gasteiger partial charge in [-0.15, -0.1) is 0 Å². The van der Waals surface area contributed by atoms with Gasteiger partial charge in [-0.05, 0) is 68.9 Å². The molecule has 2 aromatic rings. The van der Waals surface area contributed by atoms with Gasteiger partial charge in [0.2, 0.25) is 0 Å². The number of nitrogens with zero attached hydrogens (tertiary/aromatic N) is 3. The molecule has 0 bridgehead atoms. The molecular weight excluding hydrogens is 358 g/mol. The Hall–Kier alpha value is -1.75. The van der Waals surface area contributed by atoms with E-state index in [-0.39, 0.29) is 0 Å². The number of methoxy groups -OCH3 is 1. The maximum absolute atomic E-state index is 5.48. The van der Waals surface area contributed by atoms with E-state index in [4.69, 9.17) is 4.74 Å². The quantitative estimate of drug-likeness (QED) is 0.568. The van der Waals surface area contributed by atoms with Crippen molar-refractivity contribution in [2.45, 2.75) is 45.2 Å². The van der Waals surface area contributed by atoms with Crippen LogP contribution >= 0.6 is 0 Å². The third kappa shape index (κ3) is 6.91. The number of benzene rings is 1. The maximum Gasteiger partial charge on any atom is 0.0589 e. The molecule has 1 aromatic carbocycles. The monoisotopic (exact) mass is 395 g/mol. The zero-order valence-electron chi connectivity index (χ0n) is 18.2. The summed E-state index contributed by atoms with van der Waals surface area (Å²) in [6.07, 6.45) is 6.80. The zero-order valence-corrected chi connectivity index (χ0v) is 18.2. The Kier molecular flexibility index (Phi) is 9.13. The molecule has 0 radical (unpaired) electrons. The molecule has 0 spiro atoms. The van der Waals surface area contributed by atoms with Gasteiger partial charge in [0, 0.05) is 32.4 Å². The molecule has 1 fully saturated rings. The van der Waals surface area contributed by atoms with Crippen LogP contribution in [0.5, 0.6) is 0 Å². The van der Waals surface area contributed by atoms with Crippen molar-refractivity contribution in [3.63, 3.8) is 0 Å². The standard InChI is InChI=1S/C25H37N3O/c1-3-15-27-16-12-23(13-17-27)25(20-22-9-5-4-6-10-22)28(18-19-29-2)21-24-11-7-8-14-26-24/h4-11,14,23,25H,3,12-13,15-21H2,1-2H3/t25-/m0/s1. The minimum atomic E-state index is 0.512. The molecule has 0 unspecified atom stereocenters. The smallest absolute Gasteiger partial charge is 0.0589 e. The predicted molar refractivity (Wildman–Crippen MR) is 120 cm³/mol. The molecule has 0 saturated carbocycles. The Morgan fingerprint density at radius 1 is 1.10 bits per heavy atom. The van der Waals surface area contributed by atoms with Gasteiger partial charge >= 0.3 is 0 Å². The van der Waals surface area contributed by atoms with Crippen LogP contribution in [-0.4, -0.2) is 60.7 Å². The molecule has 29 heavy (non-hydrogen) atoms. The van der Waals surface area contributed by atoms with Crippen LogP contribution in [0.3, 0.4) is 0 Å². The van der Waals surface area contributed by atoms with E-state index in [9.17, 15) is 0 Å². The number of rotatable bonds is 11. The number of aromatic nitrogens is 1. The second-order valence-electron chi connectivity index (χ2n) is 8.22. The Morgan fingerprint density at radius 2 is 1.86 bits per heavy atom. The average molecular weight is 396 g/mol. The first-order valence-corrected chi connectivity index (χ1v) is 11.2. The lowest BCUT2D eigenvalue weighted by molar-refractivity contribution is 0.0579. The van der Waals surface area contributed by atoms with Gasteiger partial charge in [-0.3, -0.25) is 9.88 Å². The highest BCUT2D eigenvalue weighted by Crippen LogP contribution is 2.28. The van der Waals surface area contributed by atoms with E-state index in [1.807, 2.05) is 12.3 Å². The summed E-state index contributed by atoms with van der Waals surface area (Å²) in [6, 6.07) is 17.7. The molecule has 1 aliphatic rings. The summed E-state index contributed by atoms with van der Waals surface area (Å²) in [4.78, 5) is 9.86. The first kappa shape index (κ1) is 21.9. The van der Waals surface area contributed by atoms with Crippen LogP contribution in [0.15, 0.2) is 54.7 Å². The van der Waals surface area contributed by atoms with Crippen molar-refractivity contribution in [1.29, 1.82) is 0 Å². The van der Waals surface area contributed by atoms with Crippen LogP contribution in [0.1, 0.15) is 37.4 Å². The lowest BCUT2D eigenvalue weighted by Crippen LogP contribution is -2.47. The molecule has 1 aliphatic heterocycles. The molecule has 0 N–H and O–H groups in total. The van der Waals surface area contributed by atoms with Gasteiger partial charge < -0.3 is 9.64 Å². The fraction of sp³-hybridized carbons (Fsp3) is 0.560. The predicted octanol–water partition coefficient (Wildman–Crippen LogP) is 4.26. The van der Waals surface area contributed by atoms with Crippen LogP contribution in [0, 0.1) is 5.92 Å². The van der Waals surface area contributed by atoms with Crippen molar-refractivity contribution >= 4 is 0 Å². The van der Waals surface area contributed by atoms with E-state index in [2.05, 4.69) is 64.2 Å². The molecule has 1 saturated heterocycles. The van der Waals surface area contributed by atoms with Crippen molar-refractivity contribution in [2.75, 3.05) is 39.9 Å². The van der Waals surface area contributed by atoms with Crippen LogP contribution in [-0.2, 0) is 17.7 Å². The van der Waals surface area contributed by atoms with Crippen LogP contribution in [0.25, 0.3) is 0 Å². The summed E-state index contributed by atoms with van der Waals surface area (Å²) in [7, 11) is 1.80. The van der Waals surface area contributed by atoms with Crippen molar-refractivity contribution < 1.29 is 4.74 Å². The van der Waals surface area contributed by atoms with Crippen molar-refractivity contribution in [2.24, 2.45) is 5.92 Å². The maximum atomic E-state index is 5.48. The average Bonchev–Trinajstić information content (AvgIpc) is 2.77. The second kappa shape index (κ2) is 12.1. The van der Waals surface area contributed by atoms with E-state index in [0.717, 1.165) is 31.8 Å². The summed E-state index contributed by atoms with van der Waals surface area (Å²) in [5.41, 5.74) is 2.57. The Bertz CT molecular complexity index is 671. The van der Waals surface area contributed by atoms with Crippen molar-refractivity contribution in [3.05, 3.63) is 66.0 Å². The number of hydrogen-bond donors (Lipinski definition) is 0. The van der Waals surface area contributed by atoms with Crippen molar-refractivity contribution in [3.8, 4) is 0 Å². The molecule has 1 atom stereocenters. The summed E-state index contributed by atoms with van der Waals surface area (Å²) < 4.78 is 5.48. The first-order chi connectivity index (χ1) is 14.3. The fourth-order valence-electron chi connectivity index (χ4n) is 4.60. The molecule has 2 heterocycles. The second-order valence-corrected chi connectivity index (χ2v) is 8.22. The van der Waals surface area contributed by atoms with Gasteiger partial charge in [0.1, 0.15) is 0 Å². The highest BCUT2D eigenvalue weighted by atomic mass is 16.5. The molecule has 158 valence electrons. The Balaban J connectivity index is 1.78. The van der Waals surface area contributed by atoms with E-state index < -0.39 is 0 Å². The highest BCUT2D eigenvalue weighted by molar-refractivity contribution is 5.16. The highest BCUT2D eigenvalue weighted by Gasteiger charge is 2.31. The molecular formula is C25H37N3O. The number of ether oxygens (including phenoxy) is 1. The third-order valence-corrected chi connectivity index (χ3v) is 6.15. The number of hydrogen-bond acceptors (Lipinski definition) is 4. The van der Waals surface area contributed by atoms with Gasteiger partial charge in [-0.25, -0.2) is 0 Å². The fourth-order valence-corrected chi connectivity index (χ4v) is 4.60. The van der Waals surface area contributed by atoms with E-state index in [1.165, 1.54) is 44.5 Å². The van der Waals surface area contributed by atoms with Crippen LogP contribution in [0.4, 0.5) is 0 Å². The van der Waals surface area contributed by atoms with Gasteiger partial charge in [0.05, 0.1) is 12.3 Å². The summed E-state index contributed by atoms with van der Waals surface area (Å²) in [5, 5.41) is 0. The molecule has 4 nitrogen and oxygen atoms in total. The molecule has 4 heteroatoms. The minimum Gasteiger partial charge on any atom is -0.383 e. The molecule has 0 aliphatic carbocycles. The lowest BCUT2D eigenvalue weighted by Gasteiger charge is -2.41. The van der Waals surface area contributed by atoms with Crippen molar-refractivity contribution in [1.82, 2.24) is 14.8 Å². The SMILES string of the molecule is CCCN1CCC([C@H](Cc2ccccc2)N(CCOC)Cc2ccccn2)CC1. The zero-order chi connectivity index (χ0) is 20.3. The summed E-state index contributed by atoms with van der Waals surface area (Å²) in [5.74, 6) is 0.712. The Labute approximate surface area is 176 Å². The number of pyridine rings is 1.